The van der Waals surface area contributed by atoms with Gasteiger partial charge in [0.2, 0.25) is 0 Å². The second-order valence-corrected chi connectivity index (χ2v) is 0.984. The van der Waals surface area contributed by atoms with Crippen molar-refractivity contribution in [2.24, 2.45) is 7.05 Å². The number of hydrogen-bond donors (Lipinski definition) is 0. The van der Waals surface area contributed by atoms with Crippen molar-refractivity contribution in [3.8, 4) is 0 Å². The Labute approximate surface area is 66.7 Å². The van der Waals surface area contributed by atoms with Crippen LogP contribution in [0.4, 0.5) is 0 Å². The van der Waals surface area contributed by atoms with Crippen molar-refractivity contribution in [1.29, 1.82) is 0 Å². The van der Waals surface area contributed by atoms with Gasteiger partial charge in [-0.05, 0) is 12.7 Å². The zero-order chi connectivity index (χ0) is 4.41. The van der Waals surface area contributed by atoms with Crippen molar-refractivity contribution < 1.29 is 19.5 Å². The molecule has 0 aliphatic heterocycles. The van der Waals surface area contributed by atoms with Crippen molar-refractivity contribution in [2.75, 3.05) is 0 Å². The van der Waals surface area contributed by atoms with Gasteiger partial charge in [0, 0.05) is 26.5 Å². The van der Waals surface area contributed by atoms with Crippen LogP contribution < -0.4 is 0 Å². The minimum Gasteiger partial charge on any atom is -0.421 e. The Kier molecular flexibility index (Phi) is 7.10. The molecule has 0 fully saturated rings. The SMILES string of the molecule is Cl.Cn1[c-]ncn1.[Zn]. The number of aryl methyl sites for hydroxylation is 1. The summed E-state index contributed by atoms with van der Waals surface area (Å²) in [6, 6.07) is 0. The summed E-state index contributed by atoms with van der Waals surface area (Å²) in [4.78, 5) is 3.55. The van der Waals surface area contributed by atoms with E-state index in [0.717, 1.165) is 0 Å². The van der Waals surface area contributed by atoms with Gasteiger partial charge in [0.1, 0.15) is 0 Å². The topological polar surface area (TPSA) is 30.7 Å². The quantitative estimate of drug-likeness (QED) is 0.420. The first-order valence-corrected chi connectivity index (χ1v) is 1.61. The van der Waals surface area contributed by atoms with Crippen LogP contribution in [0.1, 0.15) is 0 Å². The zero-order valence-corrected chi connectivity index (χ0v) is 8.32. The Balaban J connectivity index is 0. The Bertz CT molecular complexity index is 118. The molecule has 0 atom stereocenters. The first kappa shape index (κ1) is 10.9. The zero-order valence-electron chi connectivity index (χ0n) is 4.53. The van der Waals surface area contributed by atoms with Crippen LogP contribution in [0.5, 0.6) is 0 Å². The number of rotatable bonds is 0. The molecule has 0 amide bonds. The summed E-state index contributed by atoms with van der Waals surface area (Å²) in [7, 11) is 1.77. The fourth-order valence-corrected chi connectivity index (χ4v) is 0.238. The van der Waals surface area contributed by atoms with Crippen molar-refractivity contribution in [1.82, 2.24) is 14.8 Å². The van der Waals surface area contributed by atoms with Crippen LogP contribution in [0.3, 0.4) is 0 Å². The van der Waals surface area contributed by atoms with E-state index in [-0.39, 0.29) is 31.9 Å². The summed E-state index contributed by atoms with van der Waals surface area (Å²) >= 11 is 0. The molecule has 0 saturated heterocycles. The van der Waals surface area contributed by atoms with E-state index in [1.807, 2.05) is 0 Å². The summed E-state index contributed by atoms with van der Waals surface area (Å²) in [5.41, 5.74) is 0. The van der Waals surface area contributed by atoms with Gasteiger partial charge in [0.05, 0.1) is 0 Å². The molecule has 0 bridgehead atoms. The molecule has 0 spiro atoms. The van der Waals surface area contributed by atoms with Gasteiger partial charge in [-0.15, -0.1) is 12.4 Å². The van der Waals surface area contributed by atoms with Crippen molar-refractivity contribution in [2.45, 2.75) is 0 Å². The second kappa shape index (κ2) is 5.20. The molecule has 0 N–H and O–H groups in total. The Morgan fingerprint density at radius 1 is 1.62 bits per heavy atom. The molecule has 1 rings (SSSR count). The molecule has 42 valence electrons. The largest absolute Gasteiger partial charge is 0.421 e. The molecule has 0 saturated carbocycles. The monoisotopic (exact) mass is 182 g/mol. The number of halogens is 1. The van der Waals surface area contributed by atoms with Crippen LogP contribution in [-0.2, 0) is 26.5 Å². The maximum absolute atomic E-state index is 3.67. The molecular weight excluding hydrogens is 179 g/mol. The molecule has 1 heterocycles. The summed E-state index contributed by atoms with van der Waals surface area (Å²) in [5.74, 6) is 0. The number of hydrogen-bond acceptors (Lipinski definition) is 2. The number of nitrogens with zero attached hydrogens (tertiary/aromatic N) is 3. The molecule has 0 aliphatic rings. The molecule has 1 aromatic heterocycles. The predicted octanol–water partition coefficient (Wildman–Crippen LogP) is 0.0346. The maximum Gasteiger partial charge on any atom is 0.00950 e. The molecule has 0 unspecified atom stereocenters. The standard InChI is InChI=1S/C3H4N3.ClH.Zn/c1-6-3-4-2-5-6;;/h2H,1H3;1H;/q-1;;. The Morgan fingerprint density at radius 2 is 2.25 bits per heavy atom. The van der Waals surface area contributed by atoms with Crippen LogP contribution in [0.15, 0.2) is 6.33 Å². The van der Waals surface area contributed by atoms with Gasteiger partial charge in [-0.3, -0.25) is 5.10 Å². The second-order valence-electron chi connectivity index (χ2n) is 0.984. The molecule has 1 aromatic rings. The third kappa shape index (κ3) is 3.11. The van der Waals surface area contributed by atoms with Crippen LogP contribution in [0.2, 0.25) is 0 Å². The first-order valence-electron chi connectivity index (χ1n) is 1.61. The summed E-state index contributed by atoms with van der Waals surface area (Å²) < 4.78 is 1.51. The van der Waals surface area contributed by atoms with Crippen LogP contribution in [0.25, 0.3) is 0 Å². The van der Waals surface area contributed by atoms with Crippen LogP contribution in [-0.4, -0.2) is 14.8 Å². The van der Waals surface area contributed by atoms with Gasteiger partial charge < -0.3 is 9.67 Å². The summed E-state index contributed by atoms with van der Waals surface area (Å²) in [6.45, 7) is 0. The van der Waals surface area contributed by atoms with Crippen LogP contribution in [0, 0.1) is 6.33 Å². The van der Waals surface area contributed by atoms with Gasteiger partial charge in [0.25, 0.3) is 0 Å². The Morgan fingerprint density at radius 3 is 2.38 bits per heavy atom. The fraction of sp³-hybridized carbons (Fsp3) is 0.333. The molecule has 0 radical (unpaired) electrons. The Hall–Kier alpha value is 0.0534. The smallest absolute Gasteiger partial charge is 0.00950 e. The minimum atomic E-state index is 0. The van der Waals surface area contributed by atoms with E-state index in [4.69, 9.17) is 0 Å². The first-order chi connectivity index (χ1) is 2.89. The maximum atomic E-state index is 3.67. The van der Waals surface area contributed by atoms with E-state index < -0.39 is 0 Å². The predicted molar refractivity (Wildman–Crippen MR) is 27.1 cm³/mol. The van der Waals surface area contributed by atoms with E-state index in [2.05, 4.69) is 16.4 Å². The minimum absolute atomic E-state index is 0. The molecule has 5 heteroatoms. The van der Waals surface area contributed by atoms with Gasteiger partial charge in [-0.1, -0.05) is 0 Å². The molecule has 8 heavy (non-hydrogen) atoms. The fourth-order valence-electron chi connectivity index (χ4n) is 0.238. The van der Waals surface area contributed by atoms with Gasteiger partial charge in [-0.2, -0.15) is 0 Å². The molecule has 3 nitrogen and oxygen atoms in total. The van der Waals surface area contributed by atoms with Crippen molar-refractivity contribution in [3.05, 3.63) is 12.7 Å². The number of aromatic nitrogens is 3. The third-order valence-corrected chi connectivity index (χ3v) is 0.485. The average Bonchev–Trinajstić information content (AvgIpc) is 1.86. The van der Waals surface area contributed by atoms with Gasteiger partial charge in [-0.25, -0.2) is 0 Å². The van der Waals surface area contributed by atoms with Gasteiger partial charge >= 0.3 is 0 Å². The van der Waals surface area contributed by atoms with E-state index in [9.17, 15) is 0 Å². The van der Waals surface area contributed by atoms with E-state index >= 15 is 0 Å². The van der Waals surface area contributed by atoms with Crippen molar-refractivity contribution in [3.63, 3.8) is 0 Å². The molecular formula is C3H5ClN3Zn-. The summed E-state index contributed by atoms with van der Waals surface area (Å²) in [5, 5.41) is 3.67. The van der Waals surface area contributed by atoms with E-state index in [1.165, 1.54) is 11.0 Å². The van der Waals surface area contributed by atoms with Crippen LogP contribution >= 0.6 is 12.4 Å². The summed E-state index contributed by atoms with van der Waals surface area (Å²) in [6.07, 6.45) is 4.00. The molecule has 0 aromatic carbocycles. The average molecular weight is 184 g/mol. The van der Waals surface area contributed by atoms with E-state index in [0.29, 0.717) is 0 Å². The molecule has 0 aliphatic carbocycles. The van der Waals surface area contributed by atoms with Crippen molar-refractivity contribution >= 4 is 12.4 Å². The van der Waals surface area contributed by atoms with Gasteiger partial charge in [0.15, 0.2) is 0 Å². The third-order valence-electron chi connectivity index (χ3n) is 0.485. The van der Waals surface area contributed by atoms with E-state index in [1.54, 1.807) is 7.05 Å². The normalized spacial score (nSPS) is 6.62.